The van der Waals surface area contributed by atoms with Crippen LogP contribution in [0.15, 0.2) is 24.3 Å². The highest BCUT2D eigenvalue weighted by molar-refractivity contribution is 6.30. The molecule has 126 valence electrons. The highest BCUT2D eigenvalue weighted by Crippen LogP contribution is 2.20. The van der Waals surface area contributed by atoms with Crippen LogP contribution in [0.1, 0.15) is 31.2 Å². The number of likely N-dealkylation sites (tertiary alicyclic amines) is 2. The zero-order valence-electron chi connectivity index (χ0n) is 13.6. The number of hydrogen-bond donors (Lipinski definition) is 1. The summed E-state index contributed by atoms with van der Waals surface area (Å²) < 4.78 is 0. The van der Waals surface area contributed by atoms with Gasteiger partial charge in [0, 0.05) is 30.7 Å². The number of piperidine rings is 1. The van der Waals surface area contributed by atoms with Crippen LogP contribution in [0, 0.1) is 0 Å². The average molecular weight is 336 g/mol. The van der Waals surface area contributed by atoms with Crippen LogP contribution in [0.5, 0.6) is 0 Å². The fraction of sp³-hybridized carbons (Fsp3) is 0.611. The van der Waals surface area contributed by atoms with Crippen LogP contribution in [-0.2, 0) is 6.42 Å². The third-order valence-electron chi connectivity index (χ3n) is 4.96. The number of rotatable bonds is 4. The third kappa shape index (κ3) is 4.61. The zero-order valence-corrected chi connectivity index (χ0v) is 14.4. The first-order valence-corrected chi connectivity index (χ1v) is 9.11. The van der Waals surface area contributed by atoms with Crippen molar-refractivity contribution in [2.45, 2.75) is 38.1 Å². The van der Waals surface area contributed by atoms with Gasteiger partial charge >= 0.3 is 6.03 Å². The van der Waals surface area contributed by atoms with Crippen LogP contribution in [0.3, 0.4) is 0 Å². The van der Waals surface area contributed by atoms with Gasteiger partial charge in [-0.25, -0.2) is 4.79 Å². The summed E-state index contributed by atoms with van der Waals surface area (Å²) in [6, 6.07) is 8.45. The van der Waals surface area contributed by atoms with Gasteiger partial charge in [-0.05, 0) is 56.5 Å². The summed E-state index contributed by atoms with van der Waals surface area (Å²) in [6.07, 6.45) is 5.93. The third-order valence-corrected chi connectivity index (χ3v) is 5.21. The molecule has 3 rings (SSSR count). The smallest absolute Gasteiger partial charge is 0.317 e. The summed E-state index contributed by atoms with van der Waals surface area (Å²) in [5.74, 6) is 0. The number of nitrogens with one attached hydrogen (secondary N) is 1. The van der Waals surface area contributed by atoms with E-state index in [1.54, 1.807) is 0 Å². The van der Waals surface area contributed by atoms with Crippen molar-refractivity contribution in [2.75, 3.05) is 32.7 Å². The standard InChI is InChI=1S/C18H26ClN3O/c19-16-6-4-15(5-7-16)8-10-20-18(23)22-13-9-17(14-22)21-11-2-1-3-12-21/h4-7,17H,1-3,8-14H2,(H,20,23)/t17-/m0/s1. The van der Waals surface area contributed by atoms with Crippen molar-refractivity contribution in [1.82, 2.24) is 15.1 Å². The molecule has 0 spiro atoms. The summed E-state index contributed by atoms with van der Waals surface area (Å²) in [6.45, 7) is 4.85. The lowest BCUT2D eigenvalue weighted by Gasteiger charge is -2.32. The first kappa shape index (κ1) is 16.6. The topological polar surface area (TPSA) is 35.6 Å². The van der Waals surface area contributed by atoms with E-state index in [1.165, 1.54) is 37.9 Å². The summed E-state index contributed by atoms with van der Waals surface area (Å²) in [5.41, 5.74) is 1.20. The summed E-state index contributed by atoms with van der Waals surface area (Å²) in [4.78, 5) is 16.8. The van der Waals surface area contributed by atoms with E-state index in [0.717, 1.165) is 31.0 Å². The minimum atomic E-state index is 0.0819. The van der Waals surface area contributed by atoms with Gasteiger partial charge in [-0.3, -0.25) is 4.90 Å². The molecule has 1 atom stereocenters. The van der Waals surface area contributed by atoms with Gasteiger partial charge in [0.15, 0.2) is 0 Å². The molecule has 1 aromatic carbocycles. The molecule has 2 amide bonds. The van der Waals surface area contributed by atoms with Gasteiger partial charge in [-0.2, -0.15) is 0 Å². The van der Waals surface area contributed by atoms with Crippen LogP contribution in [0.25, 0.3) is 0 Å². The molecule has 2 aliphatic rings. The van der Waals surface area contributed by atoms with E-state index < -0.39 is 0 Å². The number of amides is 2. The first-order chi connectivity index (χ1) is 11.2. The Morgan fingerprint density at radius 3 is 2.61 bits per heavy atom. The molecule has 2 fully saturated rings. The molecule has 1 aromatic rings. The van der Waals surface area contributed by atoms with Crippen LogP contribution in [0.2, 0.25) is 5.02 Å². The molecule has 2 aliphatic heterocycles. The van der Waals surface area contributed by atoms with Crippen molar-refractivity contribution in [3.63, 3.8) is 0 Å². The normalized spacial score (nSPS) is 22.3. The molecule has 0 bridgehead atoms. The van der Waals surface area contributed by atoms with Gasteiger partial charge in [-0.1, -0.05) is 30.2 Å². The molecule has 0 radical (unpaired) electrons. The monoisotopic (exact) mass is 335 g/mol. The maximum Gasteiger partial charge on any atom is 0.317 e. The predicted molar refractivity (Wildman–Crippen MR) is 94.0 cm³/mol. The molecule has 2 heterocycles. The van der Waals surface area contributed by atoms with Crippen LogP contribution in [-0.4, -0.2) is 54.6 Å². The van der Waals surface area contributed by atoms with Gasteiger partial charge in [0.25, 0.3) is 0 Å². The van der Waals surface area contributed by atoms with Crippen molar-refractivity contribution in [3.8, 4) is 0 Å². The highest BCUT2D eigenvalue weighted by atomic mass is 35.5. The quantitative estimate of drug-likeness (QED) is 0.917. The van der Waals surface area contributed by atoms with E-state index in [-0.39, 0.29) is 6.03 Å². The minimum Gasteiger partial charge on any atom is -0.338 e. The zero-order chi connectivity index (χ0) is 16.1. The summed E-state index contributed by atoms with van der Waals surface area (Å²) >= 11 is 5.88. The lowest BCUT2D eigenvalue weighted by molar-refractivity contribution is 0.161. The molecular formula is C18H26ClN3O. The van der Waals surface area contributed by atoms with E-state index in [0.29, 0.717) is 12.6 Å². The van der Waals surface area contributed by atoms with E-state index >= 15 is 0 Å². The number of halogens is 1. The van der Waals surface area contributed by atoms with Gasteiger partial charge < -0.3 is 10.2 Å². The first-order valence-electron chi connectivity index (χ1n) is 8.73. The van der Waals surface area contributed by atoms with Gasteiger partial charge in [0.2, 0.25) is 0 Å². The molecule has 0 aliphatic carbocycles. The molecule has 0 aromatic heterocycles. The summed E-state index contributed by atoms with van der Waals surface area (Å²) in [7, 11) is 0. The average Bonchev–Trinajstić information content (AvgIpc) is 3.07. The molecule has 23 heavy (non-hydrogen) atoms. The summed E-state index contributed by atoms with van der Waals surface area (Å²) in [5, 5.41) is 3.80. The Bertz CT molecular complexity index is 514. The molecule has 4 nitrogen and oxygen atoms in total. The van der Waals surface area contributed by atoms with Crippen molar-refractivity contribution in [2.24, 2.45) is 0 Å². The fourth-order valence-electron chi connectivity index (χ4n) is 3.58. The highest BCUT2D eigenvalue weighted by Gasteiger charge is 2.30. The van der Waals surface area contributed by atoms with Crippen LogP contribution >= 0.6 is 11.6 Å². The molecule has 1 N–H and O–H groups in total. The molecule has 0 unspecified atom stereocenters. The second-order valence-corrected chi connectivity index (χ2v) is 7.03. The van der Waals surface area contributed by atoms with Crippen molar-refractivity contribution < 1.29 is 4.79 Å². The number of urea groups is 1. The lowest BCUT2D eigenvalue weighted by Crippen LogP contribution is -2.44. The van der Waals surface area contributed by atoms with E-state index in [4.69, 9.17) is 11.6 Å². The Morgan fingerprint density at radius 1 is 1.13 bits per heavy atom. The van der Waals surface area contributed by atoms with E-state index in [1.807, 2.05) is 29.2 Å². The van der Waals surface area contributed by atoms with Gasteiger partial charge in [0.05, 0.1) is 0 Å². The Balaban J connectivity index is 1.39. The number of benzene rings is 1. The van der Waals surface area contributed by atoms with Crippen molar-refractivity contribution in [3.05, 3.63) is 34.9 Å². The number of nitrogens with zero attached hydrogens (tertiary/aromatic N) is 2. The largest absolute Gasteiger partial charge is 0.338 e. The molecule has 2 saturated heterocycles. The number of carbonyl (C=O) groups excluding carboxylic acids is 1. The maximum atomic E-state index is 12.3. The Hall–Kier alpha value is -1.26. The molecular weight excluding hydrogens is 310 g/mol. The van der Waals surface area contributed by atoms with E-state index in [2.05, 4.69) is 10.2 Å². The van der Waals surface area contributed by atoms with Crippen LogP contribution in [0.4, 0.5) is 4.79 Å². The maximum absolute atomic E-state index is 12.3. The van der Waals surface area contributed by atoms with Gasteiger partial charge in [-0.15, -0.1) is 0 Å². The van der Waals surface area contributed by atoms with Crippen molar-refractivity contribution in [1.29, 1.82) is 0 Å². The molecule has 5 heteroatoms. The molecule has 0 saturated carbocycles. The Morgan fingerprint density at radius 2 is 1.87 bits per heavy atom. The van der Waals surface area contributed by atoms with E-state index in [9.17, 15) is 4.79 Å². The number of hydrogen-bond acceptors (Lipinski definition) is 2. The SMILES string of the molecule is O=C(NCCc1ccc(Cl)cc1)N1CC[C@H](N2CCCCC2)C1. The minimum absolute atomic E-state index is 0.0819. The number of carbonyl (C=O) groups is 1. The Kier molecular flexibility index (Phi) is 5.79. The Labute approximate surface area is 143 Å². The predicted octanol–water partition coefficient (Wildman–Crippen LogP) is 3.15. The van der Waals surface area contributed by atoms with Crippen LogP contribution < -0.4 is 5.32 Å². The fourth-order valence-corrected chi connectivity index (χ4v) is 3.71. The van der Waals surface area contributed by atoms with Gasteiger partial charge in [0.1, 0.15) is 0 Å². The second kappa shape index (κ2) is 8.02. The second-order valence-electron chi connectivity index (χ2n) is 6.59. The lowest BCUT2D eigenvalue weighted by atomic mass is 10.1. The van der Waals surface area contributed by atoms with Crippen molar-refractivity contribution >= 4 is 17.6 Å².